The van der Waals surface area contributed by atoms with Crippen molar-refractivity contribution in [3.63, 3.8) is 0 Å². The predicted molar refractivity (Wildman–Crippen MR) is 102 cm³/mol. The molecule has 2 aromatic carbocycles. The molecule has 0 radical (unpaired) electrons. The molecular weight excluding hydrogens is 354 g/mol. The van der Waals surface area contributed by atoms with Crippen molar-refractivity contribution in [2.24, 2.45) is 5.92 Å². The van der Waals surface area contributed by atoms with Gasteiger partial charge >= 0.3 is 5.97 Å². The van der Waals surface area contributed by atoms with Crippen LogP contribution in [0.3, 0.4) is 0 Å². The highest BCUT2D eigenvalue weighted by atomic mass is 16.5. The van der Waals surface area contributed by atoms with Gasteiger partial charge in [0.15, 0.2) is 6.61 Å². The summed E-state index contributed by atoms with van der Waals surface area (Å²) in [6.07, 6.45) is 1.80. The Morgan fingerprint density at radius 3 is 2.39 bits per heavy atom. The van der Waals surface area contributed by atoms with Crippen LogP contribution in [0.1, 0.15) is 35.7 Å². The topological polar surface area (TPSA) is 103 Å². The molecule has 0 aliphatic heterocycles. The maximum absolute atomic E-state index is 12.6. The van der Waals surface area contributed by atoms with Crippen molar-refractivity contribution in [1.82, 2.24) is 5.32 Å². The smallest absolute Gasteiger partial charge is 0.339 e. The fraction of sp³-hybridized carbons (Fsp3) is 0.273. The first kappa shape index (κ1) is 19.1. The highest BCUT2D eigenvalue weighted by Crippen LogP contribution is 2.39. The Kier molecular flexibility index (Phi) is 5.42. The van der Waals surface area contributed by atoms with Gasteiger partial charge in [0.05, 0.1) is 23.3 Å². The van der Waals surface area contributed by atoms with Crippen molar-refractivity contribution in [1.29, 1.82) is 10.5 Å². The molecule has 0 spiro atoms. The molecule has 0 aromatic heterocycles. The number of nitrogens with zero attached hydrogens (tertiary/aromatic N) is 2. The van der Waals surface area contributed by atoms with E-state index in [0.29, 0.717) is 16.7 Å². The highest BCUT2D eigenvalue weighted by Gasteiger charge is 2.43. The van der Waals surface area contributed by atoms with Crippen LogP contribution < -0.4 is 5.32 Å². The second-order valence-corrected chi connectivity index (χ2v) is 6.92. The number of benzene rings is 2. The lowest BCUT2D eigenvalue weighted by Crippen LogP contribution is -2.48. The van der Waals surface area contributed by atoms with E-state index in [1.54, 1.807) is 55.5 Å². The minimum absolute atomic E-state index is 0.139. The minimum Gasteiger partial charge on any atom is -0.452 e. The monoisotopic (exact) mass is 373 g/mol. The molecule has 1 aliphatic carbocycles. The van der Waals surface area contributed by atoms with E-state index in [2.05, 4.69) is 17.5 Å². The Bertz CT molecular complexity index is 999. The van der Waals surface area contributed by atoms with Gasteiger partial charge in [-0.1, -0.05) is 36.4 Å². The minimum atomic E-state index is -0.937. The van der Waals surface area contributed by atoms with Crippen LogP contribution in [0.5, 0.6) is 0 Å². The third-order valence-corrected chi connectivity index (χ3v) is 4.84. The maximum Gasteiger partial charge on any atom is 0.339 e. The molecule has 1 N–H and O–H groups in total. The molecule has 1 atom stereocenters. The van der Waals surface area contributed by atoms with Gasteiger partial charge in [-0.25, -0.2) is 4.79 Å². The maximum atomic E-state index is 12.6. The van der Waals surface area contributed by atoms with Gasteiger partial charge in [0.2, 0.25) is 0 Å². The molecule has 3 rings (SSSR count). The van der Waals surface area contributed by atoms with Crippen molar-refractivity contribution < 1.29 is 14.3 Å². The molecule has 1 aliphatic rings. The molecule has 1 amide bonds. The first-order chi connectivity index (χ1) is 13.5. The van der Waals surface area contributed by atoms with E-state index < -0.39 is 24.0 Å². The third kappa shape index (κ3) is 4.02. The first-order valence-corrected chi connectivity index (χ1v) is 8.96. The fourth-order valence-electron chi connectivity index (χ4n) is 3.13. The number of hydrogen-bond acceptors (Lipinski definition) is 5. The molecule has 1 fully saturated rings. The molecular formula is C22H19N3O3. The van der Waals surface area contributed by atoms with E-state index in [4.69, 9.17) is 4.74 Å². The average molecular weight is 373 g/mol. The standard InChI is InChI=1S/C22H19N3O3/c1-22(14-24,16-10-11-16)25-20(26)13-28-21(27)19-9-5-4-8-18(19)17-7-3-2-6-15(17)12-23/h2-9,16H,10-11,13H2,1H3,(H,25,26)/t22-/m0/s1. The average Bonchev–Trinajstić information content (AvgIpc) is 3.58. The molecule has 6 heteroatoms. The Hall–Kier alpha value is -3.64. The van der Waals surface area contributed by atoms with Crippen LogP contribution in [-0.4, -0.2) is 24.0 Å². The Labute approximate surface area is 163 Å². The van der Waals surface area contributed by atoms with Crippen molar-refractivity contribution in [2.75, 3.05) is 6.61 Å². The van der Waals surface area contributed by atoms with Crippen LogP contribution in [0.2, 0.25) is 0 Å². The summed E-state index contributed by atoms with van der Waals surface area (Å²) < 4.78 is 5.17. The largest absolute Gasteiger partial charge is 0.452 e. The van der Waals surface area contributed by atoms with Crippen molar-refractivity contribution in [3.05, 3.63) is 59.7 Å². The van der Waals surface area contributed by atoms with Crippen molar-refractivity contribution in [2.45, 2.75) is 25.3 Å². The summed E-state index contributed by atoms with van der Waals surface area (Å²) in [7, 11) is 0. The van der Waals surface area contributed by atoms with Crippen molar-refractivity contribution in [3.8, 4) is 23.3 Å². The van der Waals surface area contributed by atoms with Gasteiger partial charge in [-0.3, -0.25) is 4.79 Å². The number of hydrogen-bond donors (Lipinski definition) is 1. The molecule has 1 saturated carbocycles. The molecule has 2 aromatic rings. The lowest BCUT2D eigenvalue weighted by atomic mass is 9.96. The van der Waals surface area contributed by atoms with Crippen LogP contribution in [0.15, 0.2) is 48.5 Å². The molecule has 0 heterocycles. The molecule has 0 unspecified atom stereocenters. The van der Waals surface area contributed by atoms with Gasteiger partial charge in [-0.05, 0) is 43.4 Å². The number of amides is 1. The van der Waals surface area contributed by atoms with E-state index in [-0.39, 0.29) is 11.5 Å². The van der Waals surface area contributed by atoms with Gasteiger partial charge in [-0.15, -0.1) is 0 Å². The number of carbonyl (C=O) groups excluding carboxylic acids is 2. The number of nitriles is 2. The van der Waals surface area contributed by atoms with Gasteiger partial charge in [0.25, 0.3) is 5.91 Å². The normalized spacial score (nSPS) is 14.8. The van der Waals surface area contributed by atoms with Crippen molar-refractivity contribution >= 4 is 11.9 Å². The van der Waals surface area contributed by atoms with Gasteiger partial charge in [0.1, 0.15) is 5.54 Å². The van der Waals surface area contributed by atoms with Gasteiger partial charge < -0.3 is 10.1 Å². The molecule has 0 saturated heterocycles. The van der Waals surface area contributed by atoms with E-state index >= 15 is 0 Å². The zero-order valence-electron chi connectivity index (χ0n) is 15.4. The van der Waals surface area contributed by atoms with Crippen LogP contribution in [-0.2, 0) is 9.53 Å². The first-order valence-electron chi connectivity index (χ1n) is 8.96. The number of carbonyl (C=O) groups is 2. The number of esters is 1. The second kappa shape index (κ2) is 7.94. The molecule has 0 bridgehead atoms. The second-order valence-electron chi connectivity index (χ2n) is 6.92. The summed E-state index contributed by atoms with van der Waals surface area (Å²) in [5, 5.41) is 21.3. The fourth-order valence-corrected chi connectivity index (χ4v) is 3.13. The van der Waals surface area contributed by atoms with Crippen LogP contribution >= 0.6 is 0 Å². The van der Waals surface area contributed by atoms with E-state index in [9.17, 15) is 20.1 Å². The summed E-state index contributed by atoms with van der Waals surface area (Å²) in [4.78, 5) is 24.7. The van der Waals surface area contributed by atoms with E-state index in [1.807, 2.05) is 0 Å². The zero-order chi connectivity index (χ0) is 20.1. The SMILES string of the molecule is C[C@@](C#N)(NC(=O)COC(=O)c1ccccc1-c1ccccc1C#N)C1CC1. The number of ether oxygens (including phenoxy) is 1. The summed E-state index contributed by atoms with van der Waals surface area (Å²) in [5.74, 6) is -1.04. The van der Waals surface area contributed by atoms with Crippen LogP contribution in [0.4, 0.5) is 0 Å². The lowest BCUT2D eigenvalue weighted by molar-refractivity contribution is -0.125. The Balaban J connectivity index is 1.73. The number of nitrogens with one attached hydrogen (secondary N) is 1. The molecule has 28 heavy (non-hydrogen) atoms. The lowest BCUT2D eigenvalue weighted by Gasteiger charge is -2.22. The zero-order valence-corrected chi connectivity index (χ0v) is 15.4. The Morgan fingerprint density at radius 2 is 1.75 bits per heavy atom. The van der Waals surface area contributed by atoms with Gasteiger partial charge in [0, 0.05) is 5.56 Å². The van der Waals surface area contributed by atoms with E-state index in [1.165, 1.54) is 0 Å². The summed E-state index contributed by atoms with van der Waals surface area (Å²) in [6.45, 7) is 1.20. The highest BCUT2D eigenvalue weighted by molar-refractivity contribution is 5.99. The Morgan fingerprint density at radius 1 is 1.11 bits per heavy atom. The molecule has 140 valence electrons. The van der Waals surface area contributed by atoms with E-state index in [0.717, 1.165) is 12.8 Å². The third-order valence-electron chi connectivity index (χ3n) is 4.84. The molecule has 6 nitrogen and oxygen atoms in total. The van der Waals surface area contributed by atoms with Crippen LogP contribution in [0.25, 0.3) is 11.1 Å². The summed E-state index contributed by atoms with van der Waals surface area (Å²) in [5.41, 5.74) is 0.947. The summed E-state index contributed by atoms with van der Waals surface area (Å²) >= 11 is 0. The number of rotatable bonds is 6. The summed E-state index contributed by atoms with van der Waals surface area (Å²) in [6, 6.07) is 18.0. The van der Waals surface area contributed by atoms with Crippen LogP contribution in [0, 0.1) is 28.6 Å². The van der Waals surface area contributed by atoms with Gasteiger partial charge in [-0.2, -0.15) is 10.5 Å². The quantitative estimate of drug-likeness (QED) is 0.783. The predicted octanol–water partition coefficient (Wildman–Crippen LogP) is 3.19.